The lowest BCUT2D eigenvalue weighted by Crippen LogP contribution is -2.28. The minimum atomic E-state index is -0.787. The molecule has 2 aliphatic rings. The van der Waals surface area contributed by atoms with Crippen molar-refractivity contribution < 1.29 is 19.0 Å². The van der Waals surface area contributed by atoms with Crippen LogP contribution in [0.15, 0.2) is 42.5 Å². The first-order chi connectivity index (χ1) is 13.0. The van der Waals surface area contributed by atoms with Crippen molar-refractivity contribution in [1.82, 2.24) is 4.90 Å². The summed E-state index contributed by atoms with van der Waals surface area (Å²) in [5.41, 5.74) is 1.69. The average Bonchev–Trinajstić information content (AvgIpc) is 3.16. The summed E-state index contributed by atoms with van der Waals surface area (Å²) in [6.45, 7) is 2.56. The molecule has 5 heteroatoms. The Kier molecular flexibility index (Phi) is 5.15. The quantitative estimate of drug-likeness (QED) is 0.835. The Hall–Kier alpha value is -1.98. The molecular formula is C22H25F2NO2. The molecule has 1 saturated heterocycles. The molecule has 2 aromatic rings. The van der Waals surface area contributed by atoms with Crippen LogP contribution in [-0.4, -0.2) is 34.7 Å². The lowest BCUT2D eigenvalue weighted by molar-refractivity contribution is 0.120. The third kappa shape index (κ3) is 4.14. The molecule has 2 N–H and O–H groups in total. The summed E-state index contributed by atoms with van der Waals surface area (Å²) in [4.78, 5) is 2.32. The van der Waals surface area contributed by atoms with Gasteiger partial charge in [-0.05, 0) is 72.4 Å². The molecule has 0 spiro atoms. The van der Waals surface area contributed by atoms with E-state index < -0.39 is 17.7 Å². The van der Waals surface area contributed by atoms with E-state index in [0.717, 1.165) is 43.5 Å². The first-order valence-corrected chi connectivity index (χ1v) is 9.61. The summed E-state index contributed by atoms with van der Waals surface area (Å²) in [6.07, 6.45) is 2.47. The molecule has 27 heavy (non-hydrogen) atoms. The summed E-state index contributed by atoms with van der Waals surface area (Å²) in [5.74, 6) is 0.410. The number of likely N-dealkylation sites (tertiary alicyclic amines) is 1. The number of halogens is 2. The third-order valence-corrected chi connectivity index (χ3v) is 6.14. The molecular weight excluding hydrogens is 348 g/mol. The Morgan fingerprint density at radius 2 is 1.63 bits per heavy atom. The van der Waals surface area contributed by atoms with Gasteiger partial charge in [0.25, 0.3) is 0 Å². The van der Waals surface area contributed by atoms with Crippen molar-refractivity contribution in [3.63, 3.8) is 0 Å². The van der Waals surface area contributed by atoms with Gasteiger partial charge in [0.05, 0.1) is 6.10 Å². The van der Waals surface area contributed by atoms with E-state index in [2.05, 4.69) is 4.90 Å². The van der Waals surface area contributed by atoms with E-state index in [0.29, 0.717) is 24.3 Å². The van der Waals surface area contributed by atoms with Crippen LogP contribution in [0.2, 0.25) is 0 Å². The van der Waals surface area contributed by atoms with Crippen molar-refractivity contribution in [3.8, 4) is 5.75 Å². The molecule has 1 heterocycles. The number of β-amino-alcohol motifs (C(OH)–C–C–N with tert-alkyl or cyclic N) is 1. The zero-order valence-corrected chi connectivity index (χ0v) is 15.2. The molecule has 3 nitrogen and oxygen atoms in total. The molecule has 4 atom stereocenters. The zero-order valence-electron chi connectivity index (χ0n) is 15.2. The van der Waals surface area contributed by atoms with E-state index in [1.165, 1.54) is 12.1 Å². The Bertz CT molecular complexity index is 781. The monoisotopic (exact) mass is 373 g/mol. The van der Waals surface area contributed by atoms with Gasteiger partial charge in [-0.25, -0.2) is 8.78 Å². The Morgan fingerprint density at radius 1 is 0.963 bits per heavy atom. The average molecular weight is 373 g/mol. The van der Waals surface area contributed by atoms with Crippen molar-refractivity contribution in [2.45, 2.75) is 25.4 Å². The van der Waals surface area contributed by atoms with Crippen molar-refractivity contribution >= 4 is 0 Å². The number of nitrogens with zero attached hydrogens (tertiary/aromatic N) is 1. The number of phenols is 1. The van der Waals surface area contributed by atoms with Crippen molar-refractivity contribution in [1.29, 1.82) is 0 Å². The number of phenolic OH excluding ortho intramolecular Hbond substituents is 1. The lowest BCUT2D eigenvalue weighted by Gasteiger charge is -2.22. The van der Waals surface area contributed by atoms with Crippen LogP contribution in [0.3, 0.4) is 0 Å². The van der Waals surface area contributed by atoms with Crippen LogP contribution in [0, 0.1) is 29.4 Å². The fraction of sp³-hybridized carbons (Fsp3) is 0.455. The fourth-order valence-corrected chi connectivity index (χ4v) is 4.88. The molecule has 4 rings (SSSR count). The normalized spacial score (nSPS) is 26.3. The summed E-state index contributed by atoms with van der Waals surface area (Å²) in [6, 6.07) is 10.9. The SMILES string of the molecule is Oc1ccc(C(O)CN2C[C@H]3CC(Cc4ccc(F)c(F)c4)C[C@H]3C2)cc1. The number of aromatic hydroxyl groups is 1. The largest absolute Gasteiger partial charge is 0.508 e. The maximum absolute atomic E-state index is 13.4. The summed E-state index contributed by atoms with van der Waals surface area (Å²) < 4.78 is 26.5. The van der Waals surface area contributed by atoms with Gasteiger partial charge in [0, 0.05) is 19.6 Å². The predicted molar refractivity (Wildman–Crippen MR) is 99.3 cm³/mol. The number of hydrogen-bond acceptors (Lipinski definition) is 3. The number of rotatable bonds is 5. The standard InChI is InChI=1S/C22H25F2NO2/c23-20-6-1-14(10-21(20)24)7-15-8-17-11-25(12-18(17)9-15)13-22(27)16-2-4-19(26)5-3-16/h1-6,10,15,17-18,22,26-27H,7-9,11-13H2/t15?,17-,18+,22?. The molecule has 2 aromatic carbocycles. The van der Waals surface area contributed by atoms with E-state index in [9.17, 15) is 19.0 Å². The maximum atomic E-state index is 13.4. The number of fused-ring (bicyclic) bond motifs is 1. The molecule has 2 unspecified atom stereocenters. The van der Waals surface area contributed by atoms with Gasteiger partial charge in [0.1, 0.15) is 5.75 Å². The topological polar surface area (TPSA) is 43.7 Å². The van der Waals surface area contributed by atoms with E-state index in [1.807, 2.05) is 0 Å². The zero-order chi connectivity index (χ0) is 19.0. The second-order valence-electron chi connectivity index (χ2n) is 8.14. The van der Waals surface area contributed by atoms with Gasteiger partial charge < -0.3 is 10.2 Å². The number of benzene rings is 2. The smallest absolute Gasteiger partial charge is 0.159 e. The van der Waals surface area contributed by atoms with Crippen LogP contribution in [0.5, 0.6) is 5.75 Å². The highest BCUT2D eigenvalue weighted by molar-refractivity contribution is 5.27. The van der Waals surface area contributed by atoms with Crippen LogP contribution >= 0.6 is 0 Å². The third-order valence-electron chi connectivity index (χ3n) is 6.14. The number of aliphatic hydroxyl groups is 1. The minimum Gasteiger partial charge on any atom is -0.508 e. The van der Waals surface area contributed by atoms with Crippen LogP contribution in [-0.2, 0) is 6.42 Å². The van der Waals surface area contributed by atoms with E-state index in [4.69, 9.17) is 0 Å². The molecule has 0 amide bonds. The first kappa shape index (κ1) is 18.4. The predicted octanol–water partition coefficient (Wildman–Crippen LogP) is 3.90. The van der Waals surface area contributed by atoms with Gasteiger partial charge in [-0.15, -0.1) is 0 Å². The molecule has 1 aliphatic heterocycles. The van der Waals surface area contributed by atoms with Crippen molar-refractivity contribution in [2.75, 3.05) is 19.6 Å². The van der Waals surface area contributed by atoms with Crippen LogP contribution in [0.4, 0.5) is 8.78 Å². The number of aliphatic hydroxyl groups excluding tert-OH is 1. The van der Waals surface area contributed by atoms with Gasteiger partial charge >= 0.3 is 0 Å². The van der Waals surface area contributed by atoms with Crippen LogP contribution < -0.4 is 0 Å². The lowest BCUT2D eigenvalue weighted by atomic mass is 9.96. The molecule has 2 fully saturated rings. The highest BCUT2D eigenvalue weighted by Crippen LogP contribution is 2.43. The first-order valence-electron chi connectivity index (χ1n) is 9.61. The molecule has 0 radical (unpaired) electrons. The Morgan fingerprint density at radius 3 is 2.26 bits per heavy atom. The van der Waals surface area contributed by atoms with E-state index in [-0.39, 0.29) is 5.75 Å². The van der Waals surface area contributed by atoms with Crippen molar-refractivity contribution in [2.24, 2.45) is 17.8 Å². The Balaban J connectivity index is 1.29. The Labute approximate surface area is 158 Å². The maximum Gasteiger partial charge on any atom is 0.159 e. The van der Waals surface area contributed by atoms with Crippen LogP contribution in [0.1, 0.15) is 30.1 Å². The van der Waals surface area contributed by atoms with Gasteiger partial charge in [0.15, 0.2) is 11.6 Å². The minimum absolute atomic E-state index is 0.203. The molecule has 1 saturated carbocycles. The molecule has 0 aromatic heterocycles. The number of hydrogen-bond donors (Lipinski definition) is 2. The second kappa shape index (κ2) is 7.56. The fourth-order valence-electron chi connectivity index (χ4n) is 4.88. The van der Waals surface area contributed by atoms with E-state index in [1.54, 1.807) is 30.3 Å². The summed E-state index contributed by atoms with van der Waals surface area (Å²) in [5, 5.41) is 19.8. The van der Waals surface area contributed by atoms with Gasteiger partial charge in [-0.1, -0.05) is 18.2 Å². The summed E-state index contributed by atoms with van der Waals surface area (Å²) in [7, 11) is 0. The van der Waals surface area contributed by atoms with Gasteiger partial charge in [-0.2, -0.15) is 0 Å². The van der Waals surface area contributed by atoms with Gasteiger partial charge in [0.2, 0.25) is 0 Å². The molecule has 0 bridgehead atoms. The summed E-state index contributed by atoms with van der Waals surface area (Å²) >= 11 is 0. The second-order valence-corrected chi connectivity index (χ2v) is 8.14. The highest BCUT2D eigenvalue weighted by atomic mass is 19.2. The van der Waals surface area contributed by atoms with Gasteiger partial charge in [-0.3, -0.25) is 4.90 Å². The molecule has 1 aliphatic carbocycles. The van der Waals surface area contributed by atoms with E-state index >= 15 is 0 Å². The highest BCUT2D eigenvalue weighted by Gasteiger charge is 2.41. The van der Waals surface area contributed by atoms with Crippen molar-refractivity contribution in [3.05, 3.63) is 65.2 Å². The van der Waals surface area contributed by atoms with Crippen LogP contribution in [0.25, 0.3) is 0 Å². The molecule has 144 valence electrons.